The van der Waals surface area contributed by atoms with Gasteiger partial charge in [0.25, 0.3) is 0 Å². The van der Waals surface area contributed by atoms with Crippen LogP contribution in [0, 0.1) is 0 Å². The van der Waals surface area contributed by atoms with Crippen LogP contribution in [0.5, 0.6) is 0 Å². The van der Waals surface area contributed by atoms with E-state index in [0.717, 1.165) is 51.9 Å². The fourth-order valence-corrected chi connectivity index (χ4v) is 4.69. The minimum atomic E-state index is -0.00324. The molecule has 48 heavy (non-hydrogen) atoms. The third-order valence-electron chi connectivity index (χ3n) is 6.39. The first-order valence-electron chi connectivity index (χ1n) is 15.3. The SMILES string of the molecule is CC(=O)/C=C/c1cccc(C=O)c1.CC(=O)CCc1cccc(CBr)c1.CC(=O)CCc1cccc(CO)c1.O=Cc1cccc(Br)c1. The second-order valence-corrected chi connectivity index (χ2v) is 12.2. The molecule has 4 rings (SSSR count). The number of hydrogen-bond acceptors (Lipinski definition) is 6. The zero-order chi connectivity index (χ0) is 35.7. The van der Waals surface area contributed by atoms with Crippen molar-refractivity contribution in [2.75, 3.05) is 0 Å². The van der Waals surface area contributed by atoms with E-state index in [2.05, 4.69) is 50.1 Å². The molecule has 0 aromatic heterocycles. The summed E-state index contributed by atoms with van der Waals surface area (Å²) < 4.78 is 0.937. The minimum absolute atomic E-state index is 0.00324. The number of benzene rings is 4. The van der Waals surface area contributed by atoms with Crippen LogP contribution in [0.1, 0.15) is 82.1 Å². The zero-order valence-electron chi connectivity index (χ0n) is 27.5. The monoisotopic (exact) mass is 776 g/mol. The van der Waals surface area contributed by atoms with Gasteiger partial charge in [-0.05, 0) is 85.7 Å². The van der Waals surface area contributed by atoms with Gasteiger partial charge < -0.3 is 14.7 Å². The van der Waals surface area contributed by atoms with Crippen molar-refractivity contribution in [3.8, 4) is 0 Å². The molecule has 8 heteroatoms. The largest absolute Gasteiger partial charge is 0.392 e. The first kappa shape index (κ1) is 41.9. The highest BCUT2D eigenvalue weighted by atomic mass is 79.9. The van der Waals surface area contributed by atoms with E-state index in [-0.39, 0.29) is 24.0 Å². The summed E-state index contributed by atoms with van der Waals surface area (Å²) >= 11 is 6.65. The molecule has 0 unspecified atom stereocenters. The lowest BCUT2D eigenvalue weighted by Gasteiger charge is -2.01. The zero-order valence-corrected chi connectivity index (χ0v) is 30.7. The third kappa shape index (κ3) is 20.2. The first-order valence-corrected chi connectivity index (χ1v) is 17.2. The Balaban J connectivity index is 0.000000323. The number of Topliss-reactive ketones (excluding diaryl/α,β-unsaturated/α-hetero) is 2. The van der Waals surface area contributed by atoms with Gasteiger partial charge in [0.05, 0.1) is 6.61 Å². The molecule has 6 nitrogen and oxygen atoms in total. The second kappa shape index (κ2) is 25.0. The Kier molecular flexibility index (Phi) is 21.8. The van der Waals surface area contributed by atoms with Gasteiger partial charge in [-0.2, -0.15) is 0 Å². The van der Waals surface area contributed by atoms with Crippen LogP contribution in [0.4, 0.5) is 0 Å². The van der Waals surface area contributed by atoms with Crippen molar-refractivity contribution in [3.63, 3.8) is 0 Å². The van der Waals surface area contributed by atoms with Crippen molar-refractivity contribution in [1.29, 1.82) is 0 Å². The Labute approximate surface area is 300 Å². The molecule has 0 fully saturated rings. The van der Waals surface area contributed by atoms with Gasteiger partial charge in [-0.25, -0.2) is 0 Å². The lowest BCUT2D eigenvalue weighted by molar-refractivity contribution is -0.117. The van der Waals surface area contributed by atoms with E-state index in [1.165, 1.54) is 24.1 Å². The number of ketones is 3. The maximum absolute atomic E-state index is 10.8. The number of carbonyl (C=O) groups excluding carboxylic acids is 5. The Morgan fingerprint density at radius 2 is 1.08 bits per heavy atom. The topological polar surface area (TPSA) is 106 Å². The second-order valence-electron chi connectivity index (χ2n) is 10.7. The number of halogens is 2. The van der Waals surface area contributed by atoms with E-state index in [9.17, 15) is 24.0 Å². The number of aryl methyl sites for hydroxylation is 2. The van der Waals surface area contributed by atoms with Crippen LogP contribution in [-0.4, -0.2) is 35.0 Å². The molecular formula is C40H42Br2O6. The van der Waals surface area contributed by atoms with Crippen molar-refractivity contribution in [1.82, 2.24) is 0 Å². The van der Waals surface area contributed by atoms with Crippen LogP contribution in [0.15, 0.2) is 108 Å². The van der Waals surface area contributed by atoms with Crippen molar-refractivity contribution >= 4 is 67.9 Å². The normalized spacial score (nSPS) is 9.88. The number of rotatable bonds is 12. The number of aldehydes is 2. The summed E-state index contributed by atoms with van der Waals surface area (Å²) in [5.41, 5.74) is 6.70. The van der Waals surface area contributed by atoms with Crippen LogP contribution in [-0.2, 0) is 39.2 Å². The average Bonchev–Trinajstić information content (AvgIpc) is 3.10. The predicted octanol–water partition coefficient (Wildman–Crippen LogP) is 9.17. The third-order valence-corrected chi connectivity index (χ3v) is 7.53. The van der Waals surface area contributed by atoms with Crippen LogP contribution < -0.4 is 0 Å². The van der Waals surface area contributed by atoms with Crippen LogP contribution in [0.25, 0.3) is 6.08 Å². The predicted molar refractivity (Wildman–Crippen MR) is 201 cm³/mol. The average molecular weight is 779 g/mol. The van der Waals surface area contributed by atoms with Crippen molar-refractivity contribution in [2.45, 2.75) is 58.4 Å². The summed E-state index contributed by atoms with van der Waals surface area (Å²) in [6, 6.07) is 30.3. The number of allylic oxidation sites excluding steroid dienone is 1. The highest BCUT2D eigenvalue weighted by Gasteiger charge is 1.99. The fraction of sp³-hybridized carbons (Fsp3) is 0.225. The number of aliphatic hydroxyl groups excluding tert-OH is 1. The van der Waals surface area contributed by atoms with Gasteiger partial charge >= 0.3 is 0 Å². The summed E-state index contributed by atoms with van der Waals surface area (Å²) in [5, 5.41) is 9.75. The molecule has 0 bridgehead atoms. The van der Waals surface area contributed by atoms with Gasteiger partial charge in [-0.15, -0.1) is 0 Å². The molecule has 0 heterocycles. The maximum atomic E-state index is 10.8. The first-order chi connectivity index (χ1) is 23.0. The highest BCUT2D eigenvalue weighted by molar-refractivity contribution is 9.10. The standard InChI is InChI=1S/C11H13BrO.C11H14O2.C11H10O2.C7H5BrO/c3*1-9(13)5-6-10-3-2-4-11(7-10)8-12;8-7-3-1-2-6(4-7)5-9/h2-4,7H,5-6,8H2,1H3;2-4,7,12H,5-6,8H2,1H3;2-8H,1H3;1-5H/b;;6-5+;. The summed E-state index contributed by atoms with van der Waals surface area (Å²) in [7, 11) is 0. The van der Waals surface area contributed by atoms with Crippen molar-refractivity contribution < 1.29 is 29.1 Å². The quantitative estimate of drug-likeness (QED) is 0.0874. The molecule has 252 valence electrons. The van der Waals surface area contributed by atoms with E-state index in [0.29, 0.717) is 24.0 Å². The Hall–Kier alpha value is -4.11. The summed E-state index contributed by atoms with van der Waals surface area (Å²) in [5.74, 6) is 0.454. The Morgan fingerprint density at radius 1 is 0.625 bits per heavy atom. The van der Waals surface area contributed by atoms with Gasteiger partial charge in [-0.1, -0.05) is 117 Å². The molecule has 0 aliphatic heterocycles. The van der Waals surface area contributed by atoms with Gasteiger partial charge in [-0.3, -0.25) is 14.4 Å². The molecule has 4 aromatic rings. The lowest BCUT2D eigenvalue weighted by atomic mass is 10.1. The summed E-state index contributed by atoms with van der Waals surface area (Å²) in [6.45, 7) is 4.78. The Bertz CT molecular complexity index is 1580. The maximum Gasteiger partial charge on any atom is 0.152 e. The van der Waals surface area contributed by atoms with Gasteiger partial charge in [0.2, 0.25) is 0 Å². The molecule has 0 saturated heterocycles. The van der Waals surface area contributed by atoms with E-state index >= 15 is 0 Å². The number of hydrogen-bond donors (Lipinski definition) is 1. The minimum Gasteiger partial charge on any atom is -0.392 e. The summed E-state index contributed by atoms with van der Waals surface area (Å²) in [6.07, 6.45) is 7.62. The molecule has 0 aliphatic rings. The molecule has 0 radical (unpaired) electrons. The van der Waals surface area contributed by atoms with Gasteiger partial charge in [0.1, 0.15) is 24.1 Å². The lowest BCUT2D eigenvalue weighted by Crippen LogP contribution is -1.94. The summed E-state index contributed by atoms with van der Waals surface area (Å²) in [4.78, 5) is 52.6. The van der Waals surface area contributed by atoms with E-state index in [1.807, 2.05) is 48.5 Å². The van der Waals surface area contributed by atoms with Crippen LogP contribution in [0.3, 0.4) is 0 Å². The molecular weight excluding hydrogens is 736 g/mol. The molecule has 0 saturated carbocycles. The van der Waals surface area contributed by atoms with Crippen LogP contribution in [0.2, 0.25) is 0 Å². The number of aliphatic hydroxyl groups is 1. The molecule has 1 N–H and O–H groups in total. The molecule has 0 amide bonds. The fourth-order valence-electron chi connectivity index (χ4n) is 3.92. The van der Waals surface area contributed by atoms with E-state index in [1.54, 1.807) is 50.3 Å². The Morgan fingerprint density at radius 3 is 1.54 bits per heavy atom. The highest BCUT2D eigenvalue weighted by Crippen LogP contribution is 2.11. The van der Waals surface area contributed by atoms with Gasteiger partial charge in [0.15, 0.2) is 5.78 Å². The molecule has 4 aromatic carbocycles. The van der Waals surface area contributed by atoms with Crippen molar-refractivity contribution in [2.24, 2.45) is 0 Å². The number of carbonyl (C=O) groups is 5. The number of alkyl halides is 1. The molecule has 0 aliphatic carbocycles. The van der Waals surface area contributed by atoms with Crippen LogP contribution >= 0.6 is 31.9 Å². The molecule has 0 spiro atoms. The smallest absolute Gasteiger partial charge is 0.152 e. The van der Waals surface area contributed by atoms with E-state index in [4.69, 9.17) is 5.11 Å². The van der Waals surface area contributed by atoms with Gasteiger partial charge in [0, 0.05) is 33.8 Å². The van der Waals surface area contributed by atoms with E-state index < -0.39 is 0 Å². The molecule has 0 atom stereocenters. The van der Waals surface area contributed by atoms with Crippen molar-refractivity contribution in [3.05, 3.63) is 147 Å².